The van der Waals surface area contributed by atoms with Crippen molar-refractivity contribution in [3.05, 3.63) is 29.8 Å². The van der Waals surface area contributed by atoms with E-state index in [2.05, 4.69) is 0 Å². The number of carbonyl (C=O) groups excluding carboxylic acids is 3. The molecule has 2 N–H and O–H groups in total. The van der Waals surface area contributed by atoms with Crippen LogP contribution < -0.4 is 0 Å². The predicted molar refractivity (Wildman–Crippen MR) is 74.6 cm³/mol. The quantitative estimate of drug-likeness (QED) is 0.561. The fourth-order valence-corrected chi connectivity index (χ4v) is 3.36. The van der Waals surface area contributed by atoms with Gasteiger partial charge in [0.15, 0.2) is 0 Å². The molecule has 0 atom stereocenters. The lowest BCUT2D eigenvalue weighted by Gasteiger charge is -2.34. The third-order valence-corrected chi connectivity index (χ3v) is 4.40. The zero-order valence-corrected chi connectivity index (χ0v) is 12.5. The fraction of sp³-hybridized carbons (Fsp3) is 0.308. The maximum atomic E-state index is 12.1. The monoisotopic (exact) mass is 313 g/mol. The molecule has 1 aromatic carbocycles. The standard InChI is InChI=1S/C13H15NO6S/c1-13(2,3)20-12(17)11(16)14-10(15)8-6-4-5-7-9(8)21(14,18)19/h4-7,18-19H,1-3H3. The van der Waals surface area contributed by atoms with Crippen LogP contribution in [0.3, 0.4) is 0 Å². The summed E-state index contributed by atoms with van der Waals surface area (Å²) in [5, 5.41) is 0. The van der Waals surface area contributed by atoms with Gasteiger partial charge in [0, 0.05) is 0 Å². The molecule has 1 aliphatic rings. The smallest absolute Gasteiger partial charge is 0.399 e. The average molecular weight is 313 g/mol. The van der Waals surface area contributed by atoms with E-state index in [4.69, 9.17) is 4.74 Å². The number of fused-ring (bicyclic) bond motifs is 1. The number of ether oxygens (including phenoxy) is 1. The topological polar surface area (TPSA) is 104 Å². The summed E-state index contributed by atoms with van der Waals surface area (Å²) in [5.74, 6) is -3.64. The summed E-state index contributed by atoms with van der Waals surface area (Å²) >= 11 is 0. The van der Waals surface area contributed by atoms with E-state index in [1.54, 1.807) is 20.8 Å². The fourth-order valence-electron chi connectivity index (χ4n) is 1.82. The van der Waals surface area contributed by atoms with Gasteiger partial charge in [0.1, 0.15) is 5.60 Å². The second-order valence-electron chi connectivity index (χ2n) is 5.42. The number of hydrogen-bond donors (Lipinski definition) is 2. The molecule has 2 amide bonds. The van der Waals surface area contributed by atoms with Gasteiger partial charge in [-0.15, -0.1) is 0 Å². The Hall–Kier alpha value is -1.90. The van der Waals surface area contributed by atoms with E-state index in [0.29, 0.717) is 0 Å². The molecular formula is C13H15NO6S. The van der Waals surface area contributed by atoms with Gasteiger partial charge in [-0.3, -0.25) is 18.7 Å². The summed E-state index contributed by atoms with van der Waals surface area (Å²) in [4.78, 5) is 35.8. The van der Waals surface area contributed by atoms with Crippen molar-refractivity contribution in [1.29, 1.82) is 0 Å². The molecule has 0 spiro atoms. The Balaban J connectivity index is 2.36. The van der Waals surface area contributed by atoms with Crippen molar-refractivity contribution in [1.82, 2.24) is 4.31 Å². The first kappa shape index (κ1) is 15.5. The van der Waals surface area contributed by atoms with Gasteiger partial charge in [0.05, 0.1) is 10.5 Å². The van der Waals surface area contributed by atoms with E-state index in [9.17, 15) is 23.5 Å². The molecule has 0 aliphatic carbocycles. The van der Waals surface area contributed by atoms with Gasteiger partial charge in [-0.05, 0) is 32.9 Å². The van der Waals surface area contributed by atoms with Crippen molar-refractivity contribution in [3.8, 4) is 0 Å². The third kappa shape index (κ3) is 2.65. The van der Waals surface area contributed by atoms with Crippen molar-refractivity contribution < 1.29 is 28.2 Å². The van der Waals surface area contributed by atoms with E-state index in [-0.39, 0.29) is 14.8 Å². The molecule has 21 heavy (non-hydrogen) atoms. The lowest BCUT2D eigenvalue weighted by molar-refractivity contribution is -0.165. The molecule has 1 heterocycles. The summed E-state index contributed by atoms with van der Waals surface area (Å²) < 4.78 is 25.3. The molecule has 114 valence electrons. The minimum Gasteiger partial charge on any atom is -0.453 e. The molecule has 0 saturated heterocycles. The number of carbonyl (C=O) groups is 3. The van der Waals surface area contributed by atoms with Crippen molar-refractivity contribution in [2.75, 3.05) is 0 Å². The van der Waals surface area contributed by atoms with Crippen LogP contribution in [0, 0.1) is 0 Å². The molecule has 0 radical (unpaired) electrons. The largest absolute Gasteiger partial charge is 0.453 e. The van der Waals surface area contributed by atoms with Crippen LogP contribution in [-0.2, 0) is 14.3 Å². The number of amides is 2. The lowest BCUT2D eigenvalue weighted by atomic mass is 10.2. The maximum Gasteiger partial charge on any atom is 0.399 e. The van der Waals surface area contributed by atoms with Crippen molar-refractivity contribution in [2.24, 2.45) is 0 Å². The van der Waals surface area contributed by atoms with Gasteiger partial charge < -0.3 is 4.74 Å². The molecule has 0 unspecified atom stereocenters. The summed E-state index contributed by atoms with van der Waals surface area (Å²) in [6.07, 6.45) is 0. The van der Waals surface area contributed by atoms with Gasteiger partial charge in [-0.25, -0.2) is 4.79 Å². The van der Waals surface area contributed by atoms with Crippen LogP contribution in [-0.4, -0.2) is 36.8 Å². The predicted octanol–water partition coefficient (Wildman–Crippen LogP) is 2.04. The highest BCUT2D eigenvalue weighted by Gasteiger charge is 2.48. The summed E-state index contributed by atoms with van der Waals surface area (Å²) in [7, 11) is -3.86. The first-order valence-corrected chi connectivity index (χ1v) is 7.55. The van der Waals surface area contributed by atoms with Crippen LogP contribution in [0.1, 0.15) is 31.1 Å². The van der Waals surface area contributed by atoms with Gasteiger partial charge in [0.2, 0.25) is 0 Å². The Labute approximate surface area is 123 Å². The highest BCUT2D eigenvalue weighted by molar-refractivity contribution is 8.23. The number of esters is 1. The Morgan fingerprint density at radius 1 is 1.19 bits per heavy atom. The average Bonchev–Trinajstić information content (AvgIpc) is 2.55. The molecular weight excluding hydrogens is 298 g/mol. The highest BCUT2D eigenvalue weighted by atomic mass is 32.3. The SMILES string of the molecule is CC(C)(C)OC(=O)C(=O)N1C(=O)c2ccccc2S1(O)O. The van der Waals surface area contributed by atoms with Crippen molar-refractivity contribution >= 4 is 28.6 Å². The van der Waals surface area contributed by atoms with Crippen molar-refractivity contribution in [2.45, 2.75) is 31.3 Å². The first-order chi connectivity index (χ1) is 9.55. The minimum atomic E-state index is -3.86. The Morgan fingerprint density at radius 2 is 1.76 bits per heavy atom. The van der Waals surface area contributed by atoms with E-state index < -0.39 is 34.2 Å². The number of rotatable bonds is 0. The van der Waals surface area contributed by atoms with E-state index in [1.165, 1.54) is 24.3 Å². The van der Waals surface area contributed by atoms with Crippen LogP contribution in [0.15, 0.2) is 29.2 Å². The molecule has 0 bridgehead atoms. The normalized spacial score (nSPS) is 18.1. The molecule has 1 aromatic rings. The second kappa shape index (κ2) is 4.83. The number of nitrogens with zero attached hydrogens (tertiary/aromatic N) is 1. The van der Waals surface area contributed by atoms with Crippen LogP contribution >= 0.6 is 10.8 Å². The first-order valence-electron chi connectivity index (χ1n) is 6.05. The van der Waals surface area contributed by atoms with Gasteiger partial charge in [-0.2, -0.15) is 4.31 Å². The van der Waals surface area contributed by atoms with Gasteiger partial charge in [0.25, 0.3) is 5.91 Å². The third-order valence-electron chi connectivity index (χ3n) is 2.61. The zero-order valence-electron chi connectivity index (χ0n) is 11.7. The summed E-state index contributed by atoms with van der Waals surface area (Å²) in [6, 6.07) is 5.70. The number of hydrogen-bond acceptors (Lipinski definition) is 6. The van der Waals surface area contributed by atoms with Crippen LogP contribution in [0.5, 0.6) is 0 Å². The van der Waals surface area contributed by atoms with Gasteiger partial charge in [-0.1, -0.05) is 22.9 Å². The van der Waals surface area contributed by atoms with E-state index in [0.717, 1.165) is 0 Å². The highest BCUT2D eigenvalue weighted by Crippen LogP contribution is 2.58. The molecule has 0 fully saturated rings. The Bertz CT molecular complexity index is 634. The molecule has 7 nitrogen and oxygen atoms in total. The molecule has 0 aromatic heterocycles. The minimum absolute atomic E-state index is 0.0191. The van der Waals surface area contributed by atoms with Gasteiger partial charge >= 0.3 is 11.9 Å². The molecule has 1 aliphatic heterocycles. The van der Waals surface area contributed by atoms with E-state index in [1.807, 2.05) is 0 Å². The Morgan fingerprint density at radius 3 is 2.29 bits per heavy atom. The van der Waals surface area contributed by atoms with Crippen LogP contribution in [0.25, 0.3) is 0 Å². The Kier molecular flexibility index (Phi) is 3.56. The maximum absolute atomic E-state index is 12.1. The van der Waals surface area contributed by atoms with E-state index >= 15 is 0 Å². The van der Waals surface area contributed by atoms with Crippen molar-refractivity contribution in [3.63, 3.8) is 0 Å². The number of imide groups is 1. The second-order valence-corrected chi connectivity index (χ2v) is 7.26. The molecule has 8 heteroatoms. The summed E-state index contributed by atoms with van der Waals surface area (Å²) in [6.45, 7) is 4.66. The molecule has 0 saturated carbocycles. The summed E-state index contributed by atoms with van der Waals surface area (Å²) in [5.41, 5.74) is -0.958. The van der Waals surface area contributed by atoms with Crippen LogP contribution in [0.4, 0.5) is 0 Å². The zero-order chi connectivity index (χ0) is 16.0. The van der Waals surface area contributed by atoms with Crippen LogP contribution in [0.2, 0.25) is 0 Å². The number of benzene rings is 1. The lowest BCUT2D eigenvalue weighted by Crippen LogP contribution is -2.42. The molecule has 2 rings (SSSR count).